The molecule has 268 valence electrons. The van der Waals surface area contributed by atoms with Gasteiger partial charge in [0.05, 0.1) is 12.1 Å². The second-order valence-corrected chi connectivity index (χ2v) is 12.0. The lowest BCUT2D eigenvalue weighted by Gasteiger charge is -2.38. The predicted molar refractivity (Wildman–Crippen MR) is 171 cm³/mol. The number of hydrogen-bond donors (Lipinski definition) is 3. The number of amides is 3. The Bertz CT molecular complexity index is 1650. The SMILES string of the molecule is CC(C)[C@H](NC(=O)OCc1ccccc1)C(=O)N1CCCCC1C(=O)N[C@@H](CC(=O)O)C(=O)COc1cc(C(F)(F)F)nn1-c1ccccc1. The van der Waals surface area contributed by atoms with Gasteiger partial charge in [-0.25, -0.2) is 9.48 Å². The minimum absolute atomic E-state index is 0.0266. The van der Waals surface area contributed by atoms with E-state index in [9.17, 15) is 42.3 Å². The maximum absolute atomic E-state index is 13.7. The Kier molecular flexibility index (Phi) is 12.6. The largest absolute Gasteiger partial charge is 0.481 e. The van der Waals surface area contributed by atoms with Crippen molar-refractivity contribution < 1.29 is 51.7 Å². The van der Waals surface area contributed by atoms with Gasteiger partial charge in [0.25, 0.3) is 0 Å². The molecule has 2 heterocycles. The van der Waals surface area contributed by atoms with Crippen LogP contribution in [0.1, 0.15) is 50.8 Å². The molecule has 1 aromatic heterocycles. The highest BCUT2D eigenvalue weighted by molar-refractivity contribution is 5.96. The molecule has 3 amide bonds. The highest BCUT2D eigenvalue weighted by Gasteiger charge is 2.39. The number of carboxylic acid groups (broad SMARTS) is 1. The summed E-state index contributed by atoms with van der Waals surface area (Å²) in [6, 6.07) is 13.4. The third-order valence-electron chi connectivity index (χ3n) is 7.92. The summed E-state index contributed by atoms with van der Waals surface area (Å²) in [6.45, 7) is 2.66. The molecule has 1 saturated heterocycles. The molecular formula is C34H38F3N5O8. The number of likely N-dealkylation sites (tertiary alicyclic amines) is 1. The second-order valence-electron chi connectivity index (χ2n) is 12.0. The number of carbonyl (C=O) groups excluding carboxylic acids is 4. The van der Waals surface area contributed by atoms with E-state index in [0.717, 1.165) is 10.2 Å². The minimum Gasteiger partial charge on any atom is -0.481 e. The number of alkyl carbamates (subject to hydrolysis) is 1. The normalized spacial score (nSPS) is 15.9. The molecule has 4 rings (SSSR count). The number of Topliss-reactive ketones (excluding diaryl/α,β-unsaturated/α-hetero) is 1. The Hall–Kier alpha value is -5.41. The van der Waals surface area contributed by atoms with Crippen LogP contribution < -0.4 is 15.4 Å². The van der Waals surface area contributed by atoms with Gasteiger partial charge in [-0.15, -0.1) is 0 Å². The number of hydrogen-bond acceptors (Lipinski definition) is 8. The van der Waals surface area contributed by atoms with Gasteiger partial charge >= 0.3 is 18.2 Å². The number of halogens is 3. The molecule has 0 bridgehead atoms. The number of rotatable bonds is 14. The minimum atomic E-state index is -4.82. The molecule has 13 nitrogen and oxygen atoms in total. The topological polar surface area (TPSA) is 169 Å². The lowest BCUT2D eigenvalue weighted by atomic mass is 9.96. The number of aliphatic carboxylic acids is 1. The molecule has 0 radical (unpaired) electrons. The van der Waals surface area contributed by atoms with Crippen LogP contribution in [0.3, 0.4) is 0 Å². The van der Waals surface area contributed by atoms with Gasteiger partial charge in [0.15, 0.2) is 18.1 Å². The molecule has 0 spiro atoms. The van der Waals surface area contributed by atoms with Gasteiger partial charge in [0.2, 0.25) is 17.7 Å². The molecule has 50 heavy (non-hydrogen) atoms. The fourth-order valence-electron chi connectivity index (χ4n) is 5.34. The third kappa shape index (κ3) is 10.1. The van der Waals surface area contributed by atoms with E-state index in [1.807, 2.05) is 6.07 Å². The van der Waals surface area contributed by atoms with E-state index in [4.69, 9.17) is 9.47 Å². The van der Waals surface area contributed by atoms with Crippen molar-refractivity contribution in [2.75, 3.05) is 13.2 Å². The molecule has 1 aliphatic heterocycles. The smallest absolute Gasteiger partial charge is 0.435 e. The zero-order valence-corrected chi connectivity index (χ0v) is 27.4. The monoisotopic (exact) mass is 701 g/mol. The van der Waals surface area contributed by atoms with E-state index >= 15 is 0 Å². The van der Waals surface area contributed by atoms with E-state index in [1.165, 1.54) is 17.0 Å². The summed E-state index contributed by atoms with van der Waals surface area (Å²) < 4.78 is 51.9. The van der Waals surface area contributed by atoms with Crippen LogP contribution in [0.5, 0.6) is 5.88 Å². The molecule has 16 heteroatoms. The van der Waals surface area contributed by atoms with Gasteiger partial charge in [-0.05, 0) is 42.9 Å². The maximum atomic E-state index is 13.7. The van der Waals surface area contributed by atoms with Gasteiger partial charge in [0.1, 0.15) is 24.7 Å². The third-order valence-corrected chi connectivity index (χ3v) is 7.92. The van der Waals surface area contributed by atoms with Crippen LogP contribution in [0.4, 0.5) is 18.0 Å². The van der Waals surface area contributed by atoms with Crippen LogP contribution in [0.2, 0.25) is 0 Å². The van der Waals surface area contributed by atoms with Crippen molar-refractivity contribution in [2.45, 2.75) is 70.4 Å². The lowest BCUT2D eigenvalue weighted by Crippen LogP contribution is -2.60. The molecule has 1 unspecified atom stereocenters. The number of carboxylic acids is 1. The van der Waals surface area contributed by atoms with Crippen molar-refractivity contribution in [1.29, 1.82) is 0 Å². The number of aromatic nitrogens is 2. The number of nitrogens with zero attached hydrogens (tertiary/aromatic N) is 3. The zero-order chi connectivity index (χ0) is 36.4. The average Bonchev–Trinajstić information content (AvgIpc) is 3.54. The number of ether oxygens (including phenoxy) is 2. The van der Waals surface area contributed by atoms with Gasteiger partial charge < -0.3 is 30.1 Å². The average molecular weight is 702 g/mol. The van der Waals surface area contributed by atoms with Crippen LogP contribution in [0.25, 0.3) is 5.69 Å². The summed E-state index contributed by atoms with van der Waals surface area (Å²) in [5, 5.41) is 18.0. The van der Waals surface area contributed by atoms with Crippen molar-refractivity contribution >= 4 is 29.7 Å². The van der Waals surface area contributed by atoms with E-state index in [1.54, 1.807) is 56.3 Å². The summed E-state index contributed by atoms with van der Waals surface area (Å²) >= 11 is 0. The number of alkyl halides is 3. The summed E-state index contributed by atoms with van der Waals surface area (Å²) in [6.07, 6.45) is -5.21. The van der Waals surface area contributed by atoms with Crippen molar-refractivity contribution in [3.05, 3.63) is 78.0 Å². The molecule has 0 aliphatic carbocycles. The Morgan fingerprint density at radius 2 is 1.64 bits per heavy atom. The number of benzene rings is 2. The van der Waals surface area contributed by atoms with Gasteiger partial charge in [-0.2, -0.15) is 18.3 Å². The first-order valence-electron chi connectivity index (χ1n) is 15.9. The fraction of sp³-hybridized carbons (Fsp3) is 0.412. The van der Waals surface area contributed by atoms with E-state index < -0.39 is 84.5 Å². The van der Waals surface area contributed by atoms with E-state index in [2.05, 4.69) is 15.7 Å². The molecule has 1 fully saturated rings. The summed E-state index contributed by atoms with van der Waals surface area (Å²) in [5.41, 5.74) is -0.326. The summed E-state index contributed by atoms with van der Waals surface area (Å²) in [7, 11) is 0. The lowest BCUT2D eigenvalue weighted by molar-refractivity contribution is -0.146. The summed E-state index contributed by atoms with van der Waals surface area (Å²) in [5.74, 6) is -4.58. The molecule has 3 atom stereocenters. The molecular weight excluding hydrogens is 663 g/mol. The van der Waals surface area contributed by atoms with Crippen molar-refractivity contribution in [3.63, 3.8) is 0 Å². The van der Waals surface area contributed by atoms with Crippen LogP contribution in [0, 0.1) is 5.92 Å². The molecule has 3 aromatic rings. The first kappa shape index (κ1) is 37.4. The van der Waals surface area contributed by atoms with Crippen LogP contribution in [0.15, 0.2) is 66.7 Å². The molecule has 1 aliphatic rings. The zero-order valence-electron chi connectivity index (χ0n) is 27.4. The van der Waals surface area contributed by atoms with Gasteiger partial charge in [-0.3, -0.25) is 19.2 Å². The highest BCUT2D eigenvalue weighted by atomic mass is 19.4. The molecule has 2 aromatic carbocycles. The Morgan fingerprint density at radius 3 is 2.26 bits per heavy atom. The van der Waals surface area contributed by atoms with Crippen molar-refractivity contribution in [3.8, 4) is 11.6 Å². The Morgan fingerprint density at radius 1 is 0.980 bits per heavy atom. The van der Waals surface area contributed by atoms with Gasteiger partial charge in [-0.1, -0.05) is 62.4 Å². The summed E-state index contributed by atoms with van der Waals surface area (Å²) in [4.78, 5) is 66.1. The van der Waals surface area contributed by atoms with E-state index in [-0.39, 0.29) is 25.3 Å². The maximum Gasteiger partial charge on any atom is 0.435 e. The number of para-hydroxylation sites is 1. The van der Waals surface area contributed by atoms with Crippen molar-refractivity contribution in [2.24, 2.45) is 5.92 Å². The van der Waals surface area contributed by atoms with Crippen LogP contribution in [-0.2, 0) is 36.7 Å². The first-order valence-corrected chi connectivity index (χ1v) is 15.9. The van der Waals surface area contributed by atoms with E-state index in [0.29, 0.717) is 18.9 Å². The Balaban J connectivity index is 1.45. The molecule has 3 N–H and O–H groups in total. The highest BCUT2D eigenvalue weighted by Crippen LogP contribution is 2.32. The van der Waals surface area contributed by atoms with Gasteiger partial charge in [0, 0.05) is 12.6 Å². The quantitative estimate of drug-likeness (QED) is 0.224. The number of carbonyl (C=O) groups is 5. The fourth-order valence-corrected chi connectivity index (χ4v) is 5.34. The predicted octanol–water partition coefficient (Wildman–Crippen LogP) is 4.13. The van der Waals surface area contributed by atoms with Crippen LogP contribution in [-0.4, -0.2) is 80.7 Å². The standard InChI is InChI=1S/C34H38F3N5O8/c1-21(2)30(39-33(48)50-19-22-11-5-3-6-12-22)32(47)41-16-10-9-15-25(41)31(46)38-24(17-29(44)45)26(43)20-49-28-18-27(34(35,36)37)40-42(28)23-13-7-4-8-14-23/h3-8,11-14,18,21,24-25,30H,9-10,15-17,19-20H2,1-2H3,(H,38,46)(H,39,48)(H,44,45)/t24-,25?,30-/m0/s1. The first-order chi connectivity index (χ1) is 23.7. The van der Waals surface area contributed by atoms with Crippen molar-refractivity contribution in [1.82, 2.24) is 25.3 Å². The molecule has 0 saturated carbocycles. The second kappa shape index (κ2) is 16.8. The number of ketones is 1. The Labute approximate surface area is 285 Å². The van der Waals surface area contributed by atoms with Crippen LogP contribution >= 0.6 is 0 Å². The number of piperidine rings is 1. The number of nitrogens with one attached hydrogen (secondary N) is 2.